The summed E-state index contributed by atoms with van der Waals surface area (Å²) in [6.45, 7) is 6.98. The molecule has 0 radical (unpaired) electrons. The van der Waals surface area contributed by atoms with Gasteiger partial charge < -0.3 is 5.11 Å². The SMILES string of the molecule is C[C@H]1CC[C@@H](CCCC(=O)O)C1(C)C. The minimum Gasteiger partial charge on any atom is -0.481 e. The first-order valence-corrected chi connectivity index (χ1v) is 5.66. The zero-order valence-corrected chi connectivity index (χ0v) is 9.55. The molecule has 2 nitrogen and oxygen atoms in total. The summed E-state index contributed by atoms with van der Waals surface area (Å²) < 4.78 is 0. The minimum atomic E-state index is -0.658. The van der Waals surface area contributed by atoms with E-state index >= 15 is 0 Å². The van der Waals surface area contributed by atoms with Crippen LogP contribution in [0.4, 0.5) is 0 Å². The van der Waals surface area contributed by atoms with Gasteiger partial charge in [-0.25, -0.2) is 0 Å². The lowest BCUT2D eigenvalue weighted by Gasteiger charge is -2.31. The van der Waals surface area contributed by atoms with Crippen molar-refractivity contribution in [2.45, 2.75) is 52.9 Å². The fourth-order valence-electron chi connectivity index (χ4n) is 2.61. The van der Waals surface area contributed by atoms with E-state index < -0.39 is 5.97 Å². The van der Waals surface area contributed by atoms with E-state index in [-0.39, 0.29) is 0 Å². The Kier molecular flexibility index (Phi) is 3.57. The molecule has 1 fully saturated rings. The van der Waals surface area contributed by atoms with E-state index in [1.807, 2.05) is 0 Å². The molecule has 0 aromatic carbocycles. The van der Waals surface area contributed by atoms with Gasteiger partial charge in [0.2, 0.25) is 0 Å². The summed E-state index contributed by atoms with van der Waals surface area (Å²) in [4.78, 5) is 10.4. The predicted octanol–water partition coefficient (Wildman–Crippen LogP) is 3.31. The zero-order chi connectivity index (χ0) is 10.8. The Balaban J connectivity index is 2.35. The third kappa shape index (κ3) is 2.49. The molecule has 0 saturated heterocycles. The van der Waals surface area contributed by atoms with Crippen LogP contribution in [-0.2, 0) is 4.79 Å². The van der Waals surface area contributed by atoms with E-state index in [1.165, 1.54) is 12.8 Å². The average Bonchev–Trinajstić information content (AvgIpc) is 2.30. The molecule has 1 rings (SSSR count). The Hall–Kier alpha value is -0.530. The normalized spacial score (nSPS) is 30.5. The quantitative estimate of drug-likeness (QED) is 0.752. The molecule has 1 aliphatic rings. The molecule has 1 N–H and O–H groups in total. The fourth-order valence-corrected chi connectivity index (χ4v) is 2.61. The first kappa shape index (κ1) is 11.5. The Morgan fingerprint density at radius 3 is 2.50 bits per heavy atom. The molecular formula is C12H22O2. The van der Waals surface area contributed by atoms with Crippen LogP contribution in [-0.4, -0.2) is 11.1 Å². The van der Waals surface area contributed by atoms with E-state index in [2.05, 4.69) is 20.8 Å². The Morgan fingerprint density at radius 1 is 1.43 bits per heavy atom. The Morgan fingerprint density at radius 2 is 2.07 bits per heavy atom. The summed E-state index contributed by atoms with van der Waals surface area (Å²) in [5.41, 5.74) is 0.415. The van der Waals surface area contributed by atoms with Gasteiger partial charge in [0, 0.05) is 6.42 Å². The molecule has 14 heavy (non-hydrogen) atoms. The summed E-state index contributed by atoms with van der Waals surface area (Å²) in [7, 11) is 0. The second kappa shape index (κ2) is 4.33. The molecular weight excluding hydrogens is 176 g/mol. The van der Waals surface area contributed by atoms with Crippen LogP contribution < -0.4 is 0 Å². The molecule has 82 valence electrons. The highest BCUT2D eigenvalue weighted by Gasteiger charge is 2.39. The van der Waals surface area contributed by atoms with Gasteiger partial charge in [0.25, 0.3) is 0 Å². The Bertz CT molecular complexity index is 208. The minimum absolute atomic E-state index is 0.334. The summed E-state index contributed by atoms with van der Waals surface area (Å²) in [6, 6.07) is 0. The average molecular weight is 198 g/mol. The van der Waals surface area contributed by atoms with Crippen molar-refractivity contribution in [2.24, 2.45) is 17.3 Å². The monoisotopic (exact) mass is 198 g/mol. The number of rotatable bonds is 4. The maximum absolute atomic E-state index is 10.4. The van der Waals surface area contributed by atoms with Gasteiger partial charge in [-0.2, -0.15) is 0 Å². The van der Waals surface area contributed by atoms with Crippen LogP contribution in [0.15, 0.2) is 0 Å². The molecule has 0 aromatic rings. The van der Waals surface area contributed by atoms with Crippen molar-refractivity contribution in [3.05, 3.63) is 0 Å². The van der Waals surface area contributed by atoms with Crippen molar-refractivity contribution >= 4 is 5.97 Å². The van der Waals surface area contributed by atoms with Crippen LogP contribution in [0.2, 0.25) is 0 Å². The molecule has 0 aliphatic heterocycles. The molecule has 1 aliphatic carbocycles. The van der Waals surface area contributed by atoms with E-state index in [0.29, 0.717) is 11.8 Å². The van der Waals surface area contributed by atoms with Crippen molar-refractivity contribution < 1.29 is 9.90 Å². The number of carboxylic acids is 1. The number of hydrogen-bond acceptors (Lipinski definition) is 1. The molecule has 2 heteroatoms. The standard InChI is InChI=1S/C12H22O2/c1-9-7-8-10(12(9,2)3)5-4-6-11(13)14/h9-10H,4-8H2,1-3H3,(H,13,14)/t9-,10+/m0/s1. The molecule has 0 spiro atoms. The molecule has 0 heterocycles. The number of carboxylic acid groups (broad SMARTS) is 1. The lowest BCUT2D eigenvalue weighted by molar-refractivity contribution is -0.137. The highest BCUT2D eigenvalue weighted by molar-refractivity contribution is 5.66. The topological polar surface area (TPSA) is 37.3 Å². The van der Waals surface area contributed by atoms with Gasteiger partial charge in [-0.05, 0) is 42.9 Å². The lowest BCUT2D eigenvalue weighted by Crippen LogP contribution is -2.23. The van der Waals surface area contributed by atoms with E-state index in [4.69, 9.17) is 5.11 Å². The smallest absolute Gasteiger partial charge is 0.303 e. The highest BCUT2D eigenvalue weighted by atomic mass is 16.4. The van der Waals surface area contributed by atoms with Crippen molar-refractivity contribution in [2.75, 3.05) is 0 Å². The first-order valence-electron chi connectivity index (χ1n) is 5.66. The summed E-state index contributed by atoms with van der Waals surface area (Å²) in [5, 5.41) is 8.57. The third-order valence-electron chi connectivity index (χ3n) is 4.21. The number of carbonyl (C=O) groups is 1. The van der Waals surface area contributed by atoms with Crippen LogP contribution in [0.3, 0.4) is 0 Å². The van der Waals surface area contributed by atoms with Crippen LogP contribution in [0.25, 0.3) is 0 Å². The van der Waals surface area contributed by atoms with Crippen LogP contribution in [0.1, 0.15) is 52.9 Å². The molecule has 0 unspecified atom stereocenters. The highest BCUT2D eigenvalue weighted by Crippen LogP contribution is 2.49. The number of aliphatic carboxylic acids is 1. The molecule has 0 bridgehead atoms. The van der Waals surface area contributed by atoms with E-state index in [0.717, 1.165) is 24.7 Å². The van der Waals surface area contributed by atoms with Crippen molar-refractivity contribution in [3.63, 3.8) is 0 Å². The van der Waals surface area contributed by atoms with E-state index in [9.17, 15) is 4.79 Å². The largest absolute Gasteiger partial charge is 0.481 e. The third-order valence-corrected chi connectivity index (χ3v) is 4.21. The second-order valence-electron chi connectivity index (χ2n) is 5.28. The zero-order valence-electron chi connectivity index (χ0n) is 9.55. The summed E-state index contributed by atoms with van der Waals surface area (Å²) >= 11 is 0. The number of hydrogen-bond donors (Lipinski definition) is 1. The van der Waals surface area contributed by atoms with Gasteiger partial charge in [-0.3, -0.25) is 4.79 Å². The van der Waals surface area contributed by atoms with Crippen LogP contribution in [0, 0.1) is 17.3 Å². The van der Waals surface area contributed by atoms with Gasteiger partial charge in [0.15, 0.2) is 0 Å². The molecule has 0 amide bonds. The fraction of sp³-hybridized carbons (Fsp3) is 0.917. The molecule has 1 saturated carbocycles. The van der Waals surface area contributed by atoms with Crippen molar-refractivity contribution in [1.29, 1.82) is 0 Å². The summed E-state index contributed by atoms with van der Waals surface area (Å²) in [6.07, 6.45) is 4.86. The van der Waals surface area contributed by atoms with Gasteiger partial charge in [-0.1, -0.05) is 20.8 Å². The maximum atomic E-state index is 10.4. The second-order valence-corrected chi connectivity index (χ2v) is 5.28. The first-order chi connectivity index (χ1) is 6.44. The Labute approximate surface area is 86.7 Å². The van der Waals surface area contributed by atoms with Gasteiger partial charge in [0.1, 0.15) is 0 Å². The van der Waals surface area contributed by atoms with Gasteiger partial charge >= 0.3 is 5.97 Å². The summed E-state index contributed by atoms with van der Waals surface area (Å²) in [5.74, 6) is 0.864. The maximum Gasteiger partial charge on any atom is 0.303 e. The predicted molar refractivity (Wildman–Crippen MR) is 57.2 cm³/mol. The molecule has 0 aromatic heterocycles. The van der Waals surface area contributed by atoms with E-state index in [1.54, 1.807) is 0 Å². The van der Waals surface area contributed by atoms with Crippen LogP contribution >= 0.6 is 0 Å². The van der Waals surface area contributed by atoms with Gasteiger partial charge in [-0.15, -0.1) is 0 Å². The molecule has 2 atom stereocenters. The van der Waals surface area contributed by atoms with Crippen molar-refractivity contribution in [1.82, 2.24) is 0 Å². The van der Waals surface area contributed by atoms with Crippen LogP contribution in [0.5, 0.6) is 0 Å². The van der Waals surface area contributed by atoms with Gasteiger partial charge in [0.05, 0.1) is 0 Å². The van der Waals surface area contributed by atoms with Crippen molar-refractivity contribution in [3.8, 4) is 0 Å². The lowest BCUT2D eigenvalue weighted by atomic mass is 9.74.